The van der Waals surface area contributed by atoms with Crippen LogP contribution in [0, 0.1) is 11.8 Å². The molecule has 3 nitrogen and oxygen atoms in total. The highest BCUT2D eigenvalue weighted by atomic mass is 32.1. The molecular formula is C18H19NO2S. The first-order valence-corrected chi connectivity index (χ1v) is 8.08. The molecule has 0 unspecified atom stereocenters. The van der Waals surface area contributed by atoms with Crippen molar-refractivity contribution in [2.45, 2.75) is 13.5 Å². The van der Waals surface area contributed by atoms with E-state index in [-0.39, 0.29) is 0 Å². The topological polar surface area (TPSA) is 38.3 Å². The van der Waals surface area contributed by atoms with E-state index < -0.39 is 0 Å². The van der Waals surface area contributed by atoms with Crippen molar-refractivity contribution in [1.82, 2.24) is 5.32 Å². The third-order valence-corrected chi connectivity index (χ3v) is 3.97. The Labute approximate surface area is 135 Å². The number of benzene rings is 1. The Morgan fingerprint density at radius 3 is 2.73 bits per heavy atom. The highest BCUT2D eigenvalue weighted by Gasteiger charge is 1.97. The third kappa shape index (κ3) is 5.45. The molecule has 1 N–H and O–H groups in total. The fraction of sp³-hybridized carbons (Fsp3) is 0.278. The van der Waals surface area contributed by atoms with Crippen LogP contribution >= 0.6 is 11.3 Å². The lowest BCUT2D eigenvalue weighted by Gasteiger charge is -2.02. The van der Waals surface area contributed by atoms with Gasteiger partial charge in [0.2, 0.25) is 0 Å². The minimum absolute atomic E-state index is 0.669. The molecule has 114 valence electrons. The average Bonchev–Trinajstić information content (AvgIpc) is 3.01. The van der Waals surface area contributed by atoms with E-state index in [1.54, 1.807) is 23.5 Å². The summed E-state index contributed by atoms with van der Waals surface area (Å²) in [5, 5.41) is 3.34. The predicted octanol–water partition coefficient (Wildman–Crippen LogP) is 3.09. The van der Waals surface area contributed by atoms with Crippen molar-refractivity contribution in [1.29, 1.82) is 0 Å². The van der Waals surface area contributed by atoms with Gasteiger partial charge in [-0.1, -0.05) is 24.0 Å². The monoisotopic (exact) mass is 313 g/mol. The summed E-state index contributed by atoms with van der Waals surface area (Å²) >= 11 is 1.69. The Morgan fingerprint density at radius 1 is 1.18 bits per heavy atom. The summed E-state index contributed by atoms with van der Waals surface area (Å²) in [6, 6.07) is 11.4. The highest BCUT2D eigenvalue weighted by Crippen LogP contribution is 2.15. The minimum Gasteiger partial charge on any atom is -0.380 e. The zero-order valence-electron chi connectivity index (χ0n) is 12.6. The van der Waals surface area contributed by atoms with E-state index in [0.29, 0.717) is 5.56 Å². The molecule has 1 aromatic heterocycles. The van der Waals surface area contributed by atoms with Crippen molar-refractivity contribution < 1.29 is 9.53 Å². The second kappa shape index (κ2) is 9.16. The molecule has 0 saturated carbocycles. The lowest BCUT2D eigenvalue weighted by Crippen LogP contribution is -2.18. The number of hydrogen-bond acceptors (Lipinski definition) is 4. The molecule has 0 aliphatic heterocycles. The first-order chi connectivity index (χ1) is 10.8. The van der Waals surface area contributed by atoms with Crippen LogP contribution in [0.2, 0.25) is 0 Å². The van der Waals surface area contributed by atoms with Crippen LogP contribution in [0.4, 0.5) is 0 Å². The smallest absolute Gasteiger partial charge is 0.150 e. The molecule has 0 atom stereocenters. The van der Waals surface area contributed by atoms with E-state index in [1.807, 2.05) is 25.1 Å². The second-order valence-electron chi connectivity index (χ2n) is 4.63. The second-order valence-corrected chi connectivity index (χ2v) is 5.80. The quantitative estimate of drug-likeness (QED) is 0.485. The molecule has 0 fully saturated rings. The number of carbonyl (C=O) groups excluding carboxylic acids is 1. The molecule has 0 amide bonds. The van der Waals surface area contributed by atoms with E-state index in [9.17, 15) is 4.79 Å². The summed E-state index contributed by atoms with van der Waals surface area (Å²) < 4.78 is 5.28. The molecule has 1 heterocycles. The fourth-order valence-corrected chi connectivity index (χ4v) is 2.65. The van der Waals surface area contributed by atoms with E-state index in [0.717, 1.165) is 43.0 Å². The molecule has 4 heteroatoms. The van der Waals surface area contributed by atoms with Crippen LogP contribution in [-0.4, -0.2) is 26.0 Å². The maximum atomic E-state index is 10.6. The van der Waals surface area contributed by atoms with Crippen molar-refractivity contribution in [3.05, 3.63) is 57.3 Å². The molecule has 0 aliphatic rings. The van der Waals surface area contributed by atoms with E-state index >= 15 is 0 Å². The highest BCUT2D eigenvalue weighted by molar-refractivity contribution is 7.12. The van der Waals surface area contributed by atoms with Gasteiger partial charge >= 0.3 is 0 Å². The number of ether oxygens (including phenoxy) is 1. The molecule has 0 radical (unpaired) electrons. The van der Waals surface area contributed by atoms with Crippen molar-refractivity contribution in [3.8, 4) is 11.8 Å². The summed E-state index contributed by atoms with van der Waals surface area (Å²) in [6.07, 6.45) is 0.835. The van der Waals surface area contributed by atoms with Gasteiger partial charge in [0.1, 0.15) is 6.29 Å². The van der Waals surface area contributed by atoms with Crippen molar-refractivity contribution in [2.24, 2.45) is 0 Å². The van der Waals surface area contributed by atoms with Crippen LogP contribution in [0.3, 0.4) is 0 Å². The standard InChI is InChI=1S/C18H19NO2S/c1-2-21-12-11-19-13-18-10-9-17(22-18)8-7-15-3-5-16(14-20)6-4-15/h3-6,9-10,14,19H,2,11-13H2,1H3. The van der Waals surface area contributed by atoms with Gasteiger partial charge in [0, 0.05) is 35.7 Å². The van der Waals surface area contributed by atoms with Gasteiger partial charge in [0.15, 0.2) is 0 Å². The van der Waals surface area contributed by atoms with Crippen molar-refractivity contribution in [2.75, 3.05) is 19.8 Å². The maximum absolute atomic E-state index is 10.6. The largest absolute Gasteiger partial charge is 0.380 e. The lowest BCUT2D eigenvalue weighted by molar-refractivity contribution is 0.112. The average molecular weight is 313 g/mol. The zero-order chi connectivity index (χ0) is 15.6. The molecule has 2 aromatic rings. The summed E-state index contributed by atoms with van der Waals surface area (Å²) in [5.41, 5.74) is 1.58. The van der Waals surface area contributed by atoms with Crippen LogP contribution in [0.25, 0.3) is 0 Å². The summed E-state index contributed by atoms with van der Waals surface area (Å²) in [5.74, 6) is 6.27. The number of aldehydes is 1. The Kier molecular flexibility index (Phi) is 6.85. The SMILES string of the molecule is CCOCCNCc1ccc(C#Cc2ccc(C=O)cc2)s1. The first-order valence-electron chi connectivity index (χ1n) is 7.26. The van der Waals surface area contributed by atoms with Crippen LogP contribution in [0.1, 0.15) is 32.6 Å². The molecule has 0 bridgehead atoms. The predicted molar refractivity (Wildman–Crippen MR) is 90.3 cm³/mol. The number of hydrogen-bond donors (Lipinski definition) is 1. The van der Waals surface area contributed by atoms with Crippen LogP contribution < -0.4 is 5.32 Å². The fourth-order valence-electron chi connectivity index (χ4n) is 1.82. The summed E-state index contributed by atoms with van der Waals surface area (Å²) in [6.45, 7) is 5.19. The van der Waals surface area contributed by atoms with E-state index in [2.05, 4.69) is 23.2 Å². The van der Waals surface area contributed by atoms with Gasteiger partial charge in [-0.15, -0.1) is 11.3 Å². The van der Waals surface area contributed by atoms with Crippen molar-refractivity contribution in [3.63, 3.8) is 0 Å². The van der Waals surface area contributed by atoms with Gasteiger partial charge < -0.3 is 10.1 Å². The van der Waals surface area contributed by atoms with Crippen LogP contribution in [0.15, 0.2) is 36.4 Å². The molecule has 1 aromatic carbocycles. The van der Waals surface area contributed by atoms with Gasteiger partial charge in [0.05, 0.1) is 11.5 Å². The molecular weight excluding hydrogens is 294 g/mol. The number of nitrogens with one attached hydrogen (secondary N) is 1. The summed E-state index contributed by atoms with van der Waals surface area (Å²) in [7, 11) is 0. The maximum Gasteiger partial charge on any atom is 0.150 e. The molecule has 0 aliphatic carbocycles. The van der Waals surface area contributed by atoms with Crippen LogP contribution in [-0.2, 0) is 11.3 Å². The van der Waals surface area contributed by atoms with Crippen molar-refractivity contribution >= 4 is 17.6 Å². The Hall–Kier alpha value is -1.93. The number of carbonyl (C=O) groups is 1. The molecule has 0 spiro atoms. The minimum atomic E-state index is 0.669. The molecule has 0 saturated heterocycles. The van der Waals surface area contributed by atoms with Gasteiger partial charge in [-0.05, 0) is 31.2 Å². The normalized spacial score (nSPS) is 10.0. The molecule has 2 rings (SSSR count). The number of rotatable bonds is 7. The number of thiophene rings is 1. The van der Waals surface area contributed by atoms with E-state index in [1.165, 1.54) is 4.88 Å². The van der Waals surface area contributed by atoms with Gasteiger partial charge in [-0.3, -0.25) is 4.79 Å². The Bertz CT molecular complexity index is 650. The van der Waals surface area contributed by atoms with Gasteiger partial charge in [0.25, 0.3) is 0 Å². The lowest BCUT2D eigenvalue weighted by atomic mass is 10.1. The van der Waals surface area contributed by atoms with Gasteiger partial charge in [-0.25, -0.2) is 0 Å². The zero-order valence-corrected chi connectivity index (χ0v) is 13.4. The Morgan fingerprint density at radius 2 is 2.00 bits per heavy atom. The van der Waals surface area contributed by atoms with Crippen LogP contribution in [0.5, 0.6) is 0 Å². The van der Waals surface area contributed by atoms with E-state index in [4.69, 9.17) is 4.74 Å². The Balaban J connectivity index is 1.86. The third-order valence-electron chi connectivity index (χ3n) is 2.96. The van der Waals surface area contributed by atoms with Gasteiger partial charge in [-0.2, -0.15) is 0 Å². The summed E-state index contributed by atoms with van der Waals surface area (Å²) in [4.78, 5) is 12.9. The first kappa shape index (κ1) is 16.4. The molecule has 22 heavy (non-hydrogen) atoms.